The van der Waals surface area contributed by atoms with Gasteiger partial charge in [0.25, 0.3) is 5.91 Å². The molecule has 2 aliphatic heterocycles. The number of carbonyl (C=O) groups excluding carboxylic acids is 2. The van der Waals surface area contributed by atoms with E-state index in [4.69, 9.17) is 0 Å². The number of aryl methyl sites for hydroxylation is 1. The smallest absolute Gasteiger partial charge is 0.256 e. The van der Waals surface area contributed by atoms with Crippen molar-refractivity contribution in [3.05, 3.63) is 89.0 Å². The Bertz CT molecular complexity index is 1620. The first-order valence-corrected chi connectivity index (χ1v) is 13.2. The summed E-state index contributed by atoms with van der Waals surface area (Å²) in [7, 11) is 0. The van der Waals surface area contributed by atoms with Gasteiger partial charge in [0, 0.05) is 46.4 Å². The van der Waals surface area contributed by atoms with E-state index in [1.165, 1.54) is 0 Å². The van der Waals surface area contributed by atoms with Gasteiger partial charge in [-0.2, -0.15) is 5.10 Å². The third-order valence-corrected chi connectivity index (χ3v) is 8.47. The maximum atomic E-state index is 13.2. The molecule has 39 heavy (non-hydrogen) atoms. The van der Waals surface area contributed by atoms with E-state index >= 15 is 0 Å². The van der Waals surface area contributed by atoms with Crippen molar-refractivity contribution in [2.45, 2.75) is 27.7 Å². The molecule has 3 aliphatic rings. The van der Waals surface area contributed by atoms with Crippen LogP contribution >= 0.6 is 0 Å². The largest absolute Gasteiger partial charge is 0.358 e. The first-order chi connectivity index (χ1) is 18.5. The molecule has 4 aromatic rings. The van der Waals surface area contributed by atoms with Crippen LogP contribution in [-0.2, 0) is 4.79 Å². The van der Waals surface area contributed by atoms with E-state index in [1.807, 2.05) is 85.5 Å². The second kappa shape index (κ2) is 9.50. The number of nitrogens with zero attached hydrogens (tertiary/aromatic N) is 2. The number of para-hydroxylation sites is 1. The van der Waals surface area contributed by atoms with Crippen LogP contribution in [0.15, 0.2) is 60.9 Å². The Kier molecular flexibility index (Phi) is 6.11. The van der Waals surface area contributed by atoms with Crippen molar-refractivity contribution >= 4 is 29.0 Å². The number of hydrogen-bond acceptors (Lipinski definition) is 4. The Morgan fingerprint density at radius 1 is 1.08 bits per heavy atom. The summed E-state index contributed by atoms with van der Waals surface area (Å²) >= 11 is 0. The van der Waals surface area contributed by atoms with Gasteiger partial charge in [0.05, 0.1) is 17.5 Å². The SMILES string of the molecule is C.Cc1[nH]c(/C=C2\C(=O)Nc3ccc(-c4cnn(-c5ccccc5)c4)cc32)c(C)c1C(=O)CC1[C@H]2CNC[C@@H]12. The van der Waals surface area contributed by atoms with Crippen molar-refractivity contribution < 1.29 is 9.59 Å². The first kappa shape index (κ1) is 25.1. The Labute approximate surface area is 228 Å². The highest BCUT2D eigenvalue weighted by Crippen LogP contribution is 2.51. The predicted octanol–water partition coefficient (Wildman–Crippen LogP) is 5.65. The van der Waals surface area contributed by atoms with E-state index in [0.29, 0.717) is 29.7 Å². The minimum Gasteiger partial charge on any atom is -0.358 e. The van der Waals surface area contributed by atoms with Crippen molar-refractivity contribution in [2.24, 2.45) is 17.8 Å². The van der Waals surface area contributed by atoms with Crippen LogP contribution in [0.25, 0.3) is 28.5 Å². The lowest BCUT2D eigenvalue weighted by Gasteiger charge is -2.05. The summed E-state index contributed by atoms with van der Waals surface area (Å²) in [6.07, 6.45) is 6.32. The lowest BCUT2D eigenvalue weighted by atomic mass is 9.98. The summed E-state index contributed by atoms with van der Waals surface area (Å²) in [5, 5.41) is 10.9. The molecular formula is C32H33N5O2. The van der Waals surface area contributed by atoms with E-state index < -0.39 is 0 Å². The number of rotatable bonds is 6. The fraction of sp³-hybridized carbons (Fsp3) is 0.281. The van der Waals surface area contributed by atoms with Crippen molar-refractivity contribution in [3.8, 4) is 16.8 Å². The average molecular weight is 520 g/mol. The molecule has 3 atom stereocenters. The molecule has 2 aromatic carbocycles. The molecule has 4 heterocycles. The van der Waals surface area contributed by atoms with E-state index in [0.717, 1.165) is 63.7 Å². The van der Waals surface area contributed by atoms with Gasteiger partial charge in [-0.3, -0.25) is 9.59 Å². The number of aromatic nitrogens is 3. The highest BCUT2D eigenvalue weighted by Gasteiger charge is 2.53. The van der Waals surface area contributed by atoms with Crippen LogP contribution in [0.2, 0.25) is 0 Å². The second-order valence-corrected chi connectivity index (χ2v) is 10.7. The fourth-order valence-corrected chi connectivity index (χ4v) is 6.35. The van der Waals surface area contributed by atoms with E-state index in [-0.39, 0.29) is 19.1 Å². The zero-order valence-electron chi connectivity index (χ0n) is 21.4. The van der Waals surface area contributed by atoms with Crippen molar-refractivity contribution in [1.29, 1.82) is 0 Å². The van der Waals surface area contributed by atoms with Crippen LogP contribution in [-0.4, -0.2) is 39.5 Å². The van der Waals surface area contributed by atoms with Gasteiger partial charge in [-0.25, -0.2) is 4.68 Å². The molecule has 2 fully saturated rings. The number of benzene rings is 2. The molecule has 1 amide bonds. The van der Waals surface area contributed by atoms with Crippen LogP contribution in [0, 0.1) is 31.6 Å². The number of H-pyrrole nitrogens is 1. The van der Waals surface area contributed by atoms with E-state index in [2.05, 4.69) is 20.7 Å². The molecule has 198 valence electrons. The van der Waals surface area contributed by atoms with Crippen molar-refractivity contribution in [1.82, 2.24) is 20.1 Å². The maximum absolute atomic E-state index is 13.2. The molecule has 1 saturated carbocycles. The number of amides is 1. The number of Topliss-reactive ketones (excluding diaryl/α,β-unsaturated/α-hetero) is 1. The molecule has 0 bridgehead atoms. The maximum Gasteiger partial charge on any atom is 0.256 e. The summed E-state index contributed by atoms with van der Waals surface area (Å²) < 4.78 is 1.84. The van der Waals surface area contributed by atoms with Crippen molar-refractivity contribution in [2.75, 3.05) is 18.4 Å². The minimum absolute atomic E-state index is 0. The Balaban J connectivity index is 0.00000277. The average Bonchev–Trinajstić information content (AvgIpc) is 3.45. The molecule has 0 spiro atoms. The monoisotopic (exact) mass is 519 g/mol. The standard InChI is InChI=1S/C31H29N5O2.CH4/c1-17-28(34-18(2)30(17)29(37)12-22-25-14-32-15-26(22)25)11-24-23-10-19(8-9-27(23)35-31(24)38)20-13-33-36(16-20)21-6-4-3-5-7-21;/h3-11,13,16,22,25-26,32,34H,12,14-15H2,1-2H3,(H,35,38);1H4/b24-11-;/t22?,25-,26+;. The highest BCUT2D eigenvalue weighted by atomic mass is 16.2. The summed E-state index contributed by atoms with van der Waals surface area (Å²) in [4.78, 5) is 29.6. The predicted molar refractivity (Wildman–Crippen MR) is 155 cm³/mol. The van der Waals surface area contributed by atoms with Gasteiger partial charge in [0.2, 0.25) is 0 Å². The van der Waals surface area contributed by atoms with Crippen molar-refractivity contribution in [3.63, 3.8) is 0 Å². The number of ketones is 1. The number of hydrogen-bond donors (Lipinski definition) is 3. The molecule has 7 nitrogen and oxygen atoms in total. The zero-order chi connectivity index (χ0) is 26.0. The molecule has 2 aromatic heterocycles. The molecule has 0 radical (unpaired) electrons. The van der Waals surface area contributed by atoms with Gasteiger partial charge in [-0.1, -0.05) is 31.7 Å². The number of anilines is 1. The van der Waals surface area contributed by atoms with Crippen LogP contribution < -0.4 is 10.6 Å². The van der Waals surface area contributed by atoms with Gasteiger partial charge in [0.15, 0.2) is 5.78 Å². The Hall–Kier alpha value is -4.23. The molecule has 7 rings (SSSR count). The number of aromatic amines is 1. The molecule has 3 N–H and O–H groups in total. The van der Waals surface area contributed by atoms with E-state index in [1.54, 1.807) is 0 Å². The summed E-state index contributed by atoms with van der Waals surface area (Å²) in [5.74, 6) is 1.89. The third-order valence-electron chi connectivity index (χ3n) is 8.47. The number of fused-ring (bicyclic) bond motifs is 2. The molecular weight excluding hydrogens is 486 g/mol. The highest BCUT2D eigenvalue weighted by molar-refractivity contribution is 6.35. The summed E-state index contributed by atoms with van der Waals surface area (Å²) in [6, 6.07) is 15.9. The van der Waals surface area contributed by atoms with Gasteiger partial charge < -0.3 is 15.6 Å². The molecule has 1 unspecified atom stereocenters. The first-order valence-electron chi connectivity index (χ1n) is 13.2. The molecule has 1 saturated heterocycles. The van der Waals surface area contributed by atoms with Crippen LogP contribution in [0.3, 0.4) is 0 Å². The number of nitrogens with one attached hydrogen (secondary N) is 3. The van der Waals surface area contributed by atoms with Gasteiger partial charge >= 0.3 is 0 Å². The van der Waals surface area contributed by atoms with Crippen LogP contribution in [0.4, 0.5) is 5.69 Å². The Morgan fingerprint density at radius 3 is 2.62 bits per heavy atom. The van der Waals surface area contributed by atoms with Crippen LogP contribution in [0.5, 0.6) is 0 Å². The second-order valence-electron chi connectivity index (χ2n) is 10.7. The van der Waals surface area contributed by atoms with Gasteiger partial charge in [-0.05, 0) is 86.2 Å². The summed E-state index contributed by atoms with van der Waals surface area (Å²) in [5.41, 5.74) is 8.51. The lowest BCUT2D eigenvalue weighted by molar-refractivity contribution is -0.110. The topological polar surface area (TPSA) is 91.8 Å². The number of piperidine rings is 1. The van der Waals surface area contributed by atoms with Gasteiger partial charge in [0.1, 0.15) is 0 Å². The number of carbonyl (C=O) groups is 2. The molecule has 1 aliphatic carbocycles. The normalized spacial score (nSPS) is 21.8. The van der Waals surface area contributed by atoms with Gasteiger partial charge in [-0.15, -0.1) is 0 Å². The minimum atomic E-state index is -0.144. The van der Waals surface area contributed by atoms with E-state index in [9.17, 15) is 9.59 Å². The third kappa shape index (κ3) is 4.23. The van der Waals surface area contributed by atoms with Crippen LogP contribution in [0.1, 0.15) is 46.7 Å². The lowest BCUT2D eigenvalue weighted by Crippen LogP contribution is -2.16. The summed E-state index contributed by atoms with van der Waals surface area (Å²) in [6.45, 7) is 5.99. The quantitative estimate of drug-likeness (QED) is 0.227. The molecule has 7 heteroatoms. The Morgan fingerprint density at radius 2 is 1.85 bits per heavy atom. The fourth-order valence-electron chi connectivity index (χ4n) is 6.35. The zero-order valence-corrected chi connectivity index (χ0v) is 21.4.